The Bertz CT molecular complexity index is 686. The van der Waals surface area contributed by atoms with Gasteiger partial charge in [-0.15, -0.1) is 11.8 Å². The van der Waals surface area contributed by atoms with Crippen LogP contribution < -0.4 is 5.32 Å². The Labute approximate surface area is 226 Å². The number of thioether (sulfide) groups is 1. The number of carboxylic acid groups (broad SMARTS) is 1. The van der Waals surface area contributed by atoms with Gasteiger partial charge in [-0.05, 0) is 58.3 Å². The summed E-state index contributed by atoms with van der Waals surface area (Å²) in [6.45, 7) is 16.6. The highest BCUT2D eigenvalue weighted by Crippen LogP contribution is 2.29. The number of nitrogens with one attached hydrogen (secondary N) is 1. The topological polar surface area (TPSA) is 83.5 Å². The largest absolute Gasteiger partial charge is 0.480 e. The van der Waals surface area contributed by atoms with Crippen LogP contribution in [-0.2, 0) is 14.4 Å². The molecule has 3 atom stereocenters. The number of rotatable bonds is 21. The van der Waals surface area contributed by atoms with E-state index in [1.54, 1.807) is 0 Å². The Kier molecular flexibility index (Phi) is 18.2. The predicted octanol–water partition coefficient (Wildman–Crippen LogP) is 7.82. The maximum Gasteiger partial charge on any atom is 0.327 e. The molecule has 0 aromatic heterocycles. The van der Waals surface area contributed by atoms with Gasteiger partial charge in [0.15, 0.2) is 0 Å². The normalized spacial score (nSPS) is 15.0. The molecular formula is C30H55NO4S. The van der Waals surface area contributed by atoms with E-state index in [9.17, 15) is 19.5 Å². The summed E-state index contributed by atoms with van der Waals surface area (Å²) in [6.07, 6.45) is 13.9. The zero-order valence-electron chi connectivity index (χ0n) is 24.5. The van der Waals surface area contributed by atoms with Crippen LogP contribution in [0.4, 0.5) is 0 Å². The van der Waals surface area contributed by atoms with Crippen molar-refractivity contribution in [3.05, 3.63) is 11.6 Å². The second-order valence-electron chi connectivity index (χ2n) is 11.9. The van der Waals surface area contributed by atoms with Gasteiger partial charge in [-0.1, -0.05) is 84.3 Å². The smallest absolute Gasteiger partial charge is 0.327 e. The van der Waals surface area contributed by atoms with Crippen LogP contribution in [0.5, 0.6) is 0 Å². The lowest BCUT2D eigenvalue weighted by Crippen LogP contribution is -2.52. The molecule has 0 aliphatic rings. The molecule has 0 heterocycles. The first kappa shape index (κ1) is 34.7. The third-order valence-electron chi connectivity index (χ3n) is 6.98. The number of carbonyl (C=O) groups is 3. The molecule has 0 bridgehead atoms. The molecule has 0 rings (SSSR count). The van der Waals surface area contributed by atoms with Gasteiger partial charge in [-0.25, -0.2) is 4.79 Å². The Morgan fingerprint density at radius 2 is 1.36 bits per heavy atom. The van der Waals surface area contributed by atoms with Crippen molar-refractivity contribution < 1.29 is 19.5 Å². The number of Topliss-reactive ketones (excluding diaryl/α,β-unsaturated/α-hetero) is 1. The van der Waals surface area contributed by atoms with E-state index < -0.39 is 22.7 Å². The Balaban J connectivity index is 4.31. The number of hydrogen-bond acceptors (Lipinski definition) is 4. The molecule has 0 fully saturated rings. The number of allylic oxidation sites excluding steroid dienone is 1. The fraction of sp³-hybridized carbons (Fsp3) is 0.833. The maximum atomic E-state index is 12.1. The number of hydrogen-bond donors (Lipinski definition) is 2. The average molecular weight is 526 g/mol. The van der Waals surface area contributed by atoms with Crippen LogP contribution in [0.15, 0.2) is 11.6 Å². The first-order valence-corrected chi connectivity index (χ1v) is 15.0. The number of aliphatic carboxylic acids is 1. The van der Waals surface area contributed by atoms with Crippen molar-refractivity contribution in [2.75, 3.05) is 5.75 Å². The molecule has 2 N–H and O–H groups in total. The third kappa shape index (κ3) is 18.0. The summed E-state index contributed by atoms with van der Waals surface area (Å²) >= 11 is 1.53. The molecule has 5 nitrogen and oxygen atoms in total. The summed E-state index contributed by atoms with van der Waals surface area (Å²) in [5, 5.41) is 12.3. The highest BCUT2D eigenvalue weighted by Gasteiger charge is 2.36. The molecule has 3 unspecified atom stereocenters. The molecule has 0 saturated heterocycles. The summed E-state index contributed by atoms with van der Waals surface area (Å²) in [6, 6.07) is -1.01. The first-order chi connectivity index (χ1) is 16.7. The van der Waals surface area contributed by atoms with Crippen LogP contribution in [0, 0.1) is 17.8 Å². The Morgan fingerprint density at radius 1 is 0.833 bits per heavy atom. The fourth-order valence-electron chi connectivity index (χ4n) is 4.35. The minimum Gasteiger partial charge on any atom is -0.480 e. The lowest BCUT2D eigenvalue weighted by Gasteiger charge is -2.31. The van der Waals surface area contributed by atoms with E-state index >= 15 is 0 Å². The van der Waals surface area contributed by atoms with Crippen LogP contribution in [0.3, 0.4) is 0 Å². The minimum atomic E-state index is -1.05. The van der Waals surface area contributed by atoms with Crippen molar-refractivity contribution in [1.29, 1.82) is 0 Å². The quantitative estimate of drug-likeness (QED) is 0.149. The van der Waals surface area contributed by atoms with E-state index in [0.29, 0.717) is 5.75 Å². The van der Waals surface area contributed by atoms with Gasteiger partial charge in [0.1, 0.15) is 11.8 Å². The fourth-order valence-corrected chi connectivity index (χ4v) is 5.47. The van der Waals surface area contributed by atoms with E-state index in [-0.39, 0.29) is 18.6 Å². The maximum absolute atomic E-state index is 12.1. The molecule has 0 aromatic carbocycles. The molecule has 0 saturated carbocycles. The molecule has 1 amide bonds. The standard InChI is InChI=1S/C30H55NO4S/c1-22(2)12-9-13-23(3)14-10-15-24(4)16-11-17-25(5)20-21-36-30(7,8)28(29(34)35)31-27(33)19-18-26(6)32/h20,22-24,28H,9-19,21H2,1-8H3,(H,31,33)(H,34,35)/b25-20+. The number of amides is 1. The molecule has 0 spiro atoms. The van der Waals surface area contributed by atoms with Gasteiger partial charge in [-0.2, -0.15) is 0 Å². The van der Waals surface area contributed by atoms with Crippen molar-refractivity contribution in [2.24, 2.45) is 17.8 Å². The predicted molar refractivity (Wildman–Crippen MR) is 154 cm³/mol. The molecule has 0 aliphatic heterocycles. The van der Waals surface area contributed by atoms with Crippen LogP contribution in [0.2, 0.25) is 0 Å². The van der Waals surface area contributed by atoms with E-state index in [4.69, 9.17) is 0 Å². The molecule has 0 aliphatic carbocycles. The zero-order valence-corrected chi connectivity index (χ0v) is 25.3. The zero-order chi connectivity index (χ0) is 27.7. The van der Waals surface area contributed by atoms with Gasteiger partial charge in [0, 0.05) is 23.3 Å². The summed E-state index contributed by atoms with van der Waals surface area (Å²) in [5.41, 5.74) is 1.33. The van der Waals surface area contributed by atoms with Gasteiger partial charge in [-0.3, -0.25) is 4.79 Å². The minimum absolute atomic E-state index is 0.0224. The van der Waals surface area contributed by atoms with Crippen molar-refractivity contribution in [3.8, 4) is 0 Å². The molecule has 0 radical (unpaired) electrons. The third-order valence-corrected chi connectivity index (χ3v) is 8.29. The summed E-state index contributed by atoms with van der Waals surface area (Å²) in [7, 11) is 0. The van der Waals surface area contributed by atoms with E-state index in [1.807, 2.05) is 13.8 Å². The molecule has 210 valence electrons. The SMILES string of the molecule is CC(=O)CCC(=O)NC(C(=O)O)C(C)(C)SC/C=C(\C)CCCC(C)CCCC(C)CCCC(C)C. The summed E-state index contributed by atoms with van der Waals surface area (Å²) in [5.74, 6) is 1.60. The second kappa shape index (κ2) is 18.9. The van der Waals surface area contributed by atoms with Crippen LogP contribution in [0.25, 0.3) is 0 Å². The van der Waals surface area contributed by atoms with Gasteiger partial charge in [0.05, 0.1) is 0 Å². The Morgan fingerprint density at radius 3 is 1.86 bits per heavy atom. The number of carboxylic acids is 1. The molecular weight excluding hydrogens is 470 g/mol. The monoisotopic (exact) mass is 525 g/mol. The number of ketones is 1. The number of carbonyl (C=O) groups excluding carboxylic acids is 2. The van der Waals surface area contributed by atoms with Crippen LogP contribution >= 0.6 is 11.8 Å². The van der Waals surface area contributed by atoms with Crippen molar-refractivity contribution >= 4 is 29.4 Å². The second-order valence-corrected chi connectivity index (χ2v) is 13.5. The van der Waals surface area contributed by atoms with Gasteiger partial charge >= 0.3 is 5.97 Å². The highest BCUT2D eigenvalue weighted by atomic mass is 32.2. The van der Waals surface area contributed by atoms with Crippen molar-refractivity contribution in [2.45, 2.75) is 137 Å². The molecule has 6 heteroatoms. The van der Waals surface area contributed by atoms with E-state index in [1.165, 1.54) is 75.6 Å². The van der Waals surface area contributed by atoms with Gasteiger partial charge in [0.2, 0.25) is 5.91 Å². The molecule has 36 heavy (non-hydrogen) atoms. The lowest BCUT2D eigenvalue weighted by atomic mass is 9.91. The summed E-state index contributed by atoms with van der Waals surface area (Å²) < 4.78 is -0.672. The average Bonchev–Trinajstić information content (AvgIpc) is 2.75. The first-order valence-electron chi connectivity index (χ1n) is 14.1. The summed E-state index contributed by atoms with van der Waals surface area (Å²) in [4.78, 5) is 35.0. The Hall–Kier alpha value is -1.30. The van der Waals surface area contributed by atoms with Crippen LogP contribution in [-0.4, -0.2) is 39.3 Å². The molecule has 0 aromatic rings. The van der Waals surface area contributed by atoms with Crippen molar-refractivity contribution in [3.63, 3.8) is 0 Å². The van der Waals surface area contributed by atoms with E-state index in [2.05, 4.69) is 46.0 Å². The van der Waals surface area contributed by atoms with Gasteiger partial charge in [0.25, 0.3) is 0 Å². The van der Waals surface area contributed by atoms with Crippen LogP contribution in [0.1, 0.15) is 126 Å². The van der Waals surface area contributed by atoms with E-state index in [0.717, 1.165) is 24.2 Å². The van der Waals surface area contributed by atoms with Crippen molar-refractivity contribution in [1.82, 2.24) is 5.32 Å². The van der Waals surface area contributed by atoms with Gasteiger partial charge < -0.3 is 15.2 Å². The lowest BCUT2D eigenvalue weighted by molar-refractivity contribution is -0.142. The highest BCUT2D eigenvalue weighted by molar-refractivity contribution is 8.00.